The van der Waals surface area contributed by atoms with Crippen LogP contribution in [0, 0.1) is 6.92 Å². The first kappa shape index (κ1) is 15.7. The standard InChI is InChI=1S/C12H15N3O4S2/c1-3-15(7-9-5-4-6-20-9)21(18,19)11-8(2)13-14-10(11)12(16)17/h4-6H,3,7H2,1-2H3,(H,13,14)(H,16,17). The van der Waals surface area contributed by atoms with Gasteiger partial charge < -0.3 is 5.11 Å². The zero-order chi connectivity index (χ0) is 15.6. The molecule has 2 N–H and O–H groups in total. The van der Waals surface area contributed by atoms with Gasteiger partial charge in [-0.05, 0) is 18.4 Å². The lowest BCUT2D eigenvalue weighted by molar-refractivity contribution is 0.0686. The molecular formula is C12H15N3O4S2. The Morgan fingerprint density at radius 1 is 1.52 bits per heavy atom. The zero-order valence-corrected chi connectivity index (χ0v) is 13.2. The number of carboxylic acids is 1. The number of aromatic amines is 1. The highest BCUT2D eigenvalue weighted by Crippen LogP contribution is 2.24. The lowest BCUT2D eigenvalue weighted by Crippen LogP contribution is -2.31. The number of hydrogen-bond donors (Lipinski definition) is 2. The van der Waals surface area contributed by atoms with E-state index in [1.54, 1.807) is 6.92 Å². The summed E-state index contributed by atoms with van der Waals surface area (Å²) in [6.45, 7) is 3.65. The van der Waals surface area contributed by atoms with Crippen molar-refractivity contribution < 1.29 is 18.3 Å². The Morgan fingerprint density at radius 2 is 2.24 bits per heavy atom. The molecule has 0 amide bonds. The fourth-order valence-corrected chi connectivity index (χ4v) is 4.47. The van der Waals surface area contributed by atoms with E-state index in [1.165, 1.54) is 22.6 Å². The Bertz CT molecular complexity index is 735. The van der Waals surface area contributed by atoms with Crippen molar-refractivity contribution in [1.29, 1.82) is 0 Å². The molecule has 21 heavy (non-hydrogen) atoms. The molecule has 0 saturated heterocycles. The minimum atomic E-state index is -3.92. The second-order valence-electron chi connectivity index (χ2n) is 4.34. The Balaban J connectivity index is 2.45. The summed E-state index contributed by atoms with van der Waals surface area (Å²) < 4.78 is 26.6. The van der Waals surface area contributed by atoms with Crippen molar-refractivity contribution >= 4 is 27.3 Å². The third-order valence-corrected chi connectivity index (χ3v) is 5.90. The third kappa shape index (κ3) is 2.99. The Labute approximate surface area is 126 Å². The first-order valence-corrected chi connectivity index (χ1v) is 8.50. The van der Waals surface area contributed by atoms with Crippen molar-refractivity contribution in [2.75, 3.05) is 6.54 Å². The van der Waals surface area contributed by atoms with E-state index < -0.39 is 21.7 Å². The molecule has 2 aromatic rings. The second kappa shape index (κ2) is 5.96. The number of aromatic nitrogens is 2. The summed E-state index contributed by atoms with van der Waals surface area (Å²) in [5.74, 6) is -1.37. The molecule has 0 fully saturated rings. The predicted octanol–water partition coefficient (Wildman–Crippen LogP) is 1.69. The maximum absolute atomic E-state index is 12.7. The topological polar surface area (TPSA) is 103 Å². The zero-order valence-electron chi connectivity index (χ0n) is 11.5. The molecule has 0 aliphatic carbocycles. The van der Waals surface area contributed by atoms with Crippen molar-refractivity contribution in [1.82, 2.24) is 14.5 Å². The molecule has 7 nitrogen and oxygen atoms in total. The predicted molar refractivity (Wildman–Crippen MR) is 77.9 cm³/mol. The van der Waals surface area contributed by atoms with Gasteiger partial charge in [-0.1, -0.05) is 13.0 Å². The number of nitrogens with zero attached hydrogens (tertiary/aromatic N) is 2. The van der Waals surface area contributed by atoms with Crippen molar-refractivity contribution in [2.45, 2.75) is 25.3 Å². The molecule has 0 aromatic carbocycles. The molecule has 0 unspecified atom stereocenters. The smallest absolute Gasteiger partial charge is 0.357 e. The van der Waals surface area contributed by atoms with Gasteiger partial charge in [0.05, 0.1) is 5.69 Å². The number of thiophene rings is 1. The van der Waals surface area contributed by atoms with Crippen LogP contribution in [0.1, 0.15) is 28.0 Å². The molecule has 0 aliphatic heterocycles. The number of aryl methyl sites for hydroxylation is 1. The second-order valence-corrected chi connectivity index (χ2v) is 7.25. The maximum Gasteiger partial charge on any atom is 0.357 e. The Hall–Kier alpha value is -1.71. The maximum atomic E-state index is 12.7. The van der Waals surface area contributed by atoms with E-state index in [9.17, 15) is 13.2 Å². The van der Waals surface area contributed by atoms with Crippen molar-refractivity contribution in [3.05, 3.63) is 33.8 Å². The minimum absolute atomic E-state index is 0.209. The largest absolute Gasteiger partial charge is 0.476 e. The van der Waals surface area contributed by atoms with Crippen molar-refractivity contribution in [3.8, 4) is 0 Å². The summed E-state index contributed by atoms with van der Waals surface area (Å²) in [7, 11) is -3.92. The molecule has 2 heterocycles. The highest BCUT2D eigenvalue weighted by molar-refractivity contribution is 7.89. The number of H-pyrrole nitrogens is 1. The van der Waals surface area contributed by atoms with E-state index in [2.05, 4.69) is 10.2 Å². The molecule has 114 valence electrons. The molecular weight excluding hydrogens is 314 g/mol. The van der Waals surface area contributed by atoms with Crippen LogP contribution in [-0.4, -0.2) is 40.5 Å². The van der Waals surface area contributed by atoms with Crippen molar-refractivity contribution in [2.24, 2.45) is 0 Å². The molecule has 0 atom stereocenters. The number of aromatic carboxylic acids is 1. The molecule has 2 rings (SSSR count). The number of carboxylic acid groups (broad SMARTS) is 1. The molecule has 0 radical (unpaired) electrons. The molecule has 0 bridgehead atoms. The van der Waals surface area contributed by atoms with Gasteiger partial charge in [-0.25, -0.2) is 13.2 Å². The molecule has 9 heteroatoms. The summed E-state index contributed by atoms with van der Waals surface area (Å²) in [6.07, 6.45) is 0. The van der Waals surface area contributed by atoms with E-state index in [1.807, 2.05) is 17.5 Å². The van der Waals surface area contributed by atoms with Crippen LogP contribution in [0.2, 0.25) is 0 Å². The van der Waals surface area contributed by atoms with Crippen LogP contribution in [0.5, 0.6) is 0 Å². The number of hydrogen-bond acceptors (Lipinski definition) is 5. The van der Waals surface area contributed by atoms with E-state index in [0.717, 1.165) is 4.88 Å². The minimum Gasteiger partial charge on any atom is -0.476 e. The van der Waals surface area contributed by atoms with Crippen LogP contribution in [0.25, 0.3) is 0 Å². The molecule has 0 spiro atoms. The average molecular weight is 329 g/mol. The van der Waals surface area contributed by atoms with Gasteiger partial charge in [-0.3, -0.25) is 5.10 Å². The van der Waals surface area contributed by atoms with E-state index in [4.69, 9.17) is 5.11 Å². The van der Waals surface area contributed by atoms with Gasteiger partial charge in [0.2, 0.25) is 10.0 Å². The van der Waals surface area contributed by atoms with E-state index in [0.29, 0.717) is 0 Å². The van der Waals surface area contributed by atoms with Crippen LogP contribution in [0.4, 0.5) is 0 Å². The van der Waals surface area contributed by atoms with Gasteiger partial charge in [-0.2, -0.15) is 9.40 Å². The fourth-order valence-electron chi connectivity index (χ4n) is 1.95. The third-order valence-electron chi connectivity index (χ3n) is 2.96. The van der Waals surface area contributed by atoms with Gasteiger partial charge in [-0.15, -0.1) is 11.3 Å². The lowest BCUT2D eigenvalue weighted by atomic mass is 10.4. The Kier molecular flexibility index (Phi) is 4.45. The van der Waals surface area contributed by atoms with Gasteiger partial charge in [0.1, 0.15) is 4.90 Å². The summed E-state index contributed by atoms with van der Waals surface area (Å²) >= 11 is 1.45. The normalized spacial score (nSPS) is 12.0. The number of sulfonamides is 1. The number of rotatable bonds is 6. The van der Waals surface area contributed by atoms with Crippen LogP contribution in [-0.2, 0) is 16.6 Å². The van der Waals surface area contributed by atoms with Gasteiger partial charge >= 0.3 is 5.97 Å². The molecule has 0 saturated carbocycles. The fraction of sp³-hybridized carbons (Fsp3) is 0.333. The number of nitrogens with one attached hydrogen (secondary N) is 1. The van der Waals surface area contributed by atoms with Gasteiger partial charge in [0.15, 0.2) is 5.69 Å². The quantitative estimate of drug-likeness (QED) is 0.839. The van der Waals surface area contributed by atoms with E-state index in [-0.39, 0.29) is 23.7 Å². The lowest BCUT2D eigenvalue weighted by Gasteiger charge is -2.19. The highest BCUT2D eigenvalue weighted by atomic mass is 32.2. The highest BCUT2D eigenvalue weighted by Gasteiger charge is 2.32. The summed E-state index contributed by atoms with van der Waals surface area (Å²) in [5, 5.41) is 16.9. The number of carbonyl (C=O) groups is 1. The summed E-state index contributed by atoms with van der Waals surface area (Å²) in [5.41, 5.74) is -0.255. The molecule has 0 aliphatic rings. The summed E-state index contributed by atoms with van der Waals surface area (Å²) in [4.78, 5) is 11.8. The summed E-state index contributed by atoms with van der Waals surface area (Å²) in [6, 6.07) is 3.68. The molecule has 2 aromatic heterocycles. The SMILES string of the molecule is CCN(Cc1cccs1)S(=O)(=O)c1c(C(=O)O)n[nH]c1C. The van der Waals surface area contributed by atoms with E-state index >= 15 is 0 Å². The van der Waals surface area contributed by atoms with Gasteiger partial charge in [0.25, 0.3) is 0 Å². The Morgan fingerprint density at radius 3 is 2.76 bits per heavy atom. The first-order chi connectivity index (χ1) is 9.87. The van der Waals surface area contributed by atoms with Crippen LogP contribution in [0.3, 0.4) is 0 Å². The monoisotopic (exact) mass is 329 g/mol. The van der Waals surface area contributed by atoms with Gasteiger partial charge in [0, 0.05) is 18.0 Å². The van der Waals surface area contributed by atoms with Crippen LogP contribution >= 0.6 is 11.3 Å². The average Bonchev–Trinajstić information content (AvgIpc) is 3.04. The van der Waals surface area contributed by atoms with Crippen LogP contribution in [0.15, 0.2) is 22.4 Å². The van der Waals surface area contributed by atoms with Crippen LogP contribution < -0.4 is 0 Å². The first-order valence-electron chi connectivity index (χ1n) is 6.18. The van der Waals surface area contributed by atoms with Crippen molar-refractivity contribution in [3.63, 3.8) is 0 Å².